The molecule has 8 heteroatoms. The Labute approximate surface area is 165 Å². The molecule has 28 heavy (non-hydrogen) atoms. The highest BCUT2D eigenvalue weighted by Gasteiger charge is 2.42. The summed E-state index contributed by atoms with van der Waals surface area (Å²) in [4.78, 5) is 25.1. The standard InChI is InChI=1S/C20H28F2N2O3Si/c1-20(2,3)28(4,5)27-13-10-24(11-13)12-8-15(21)18(16(22)9-12)14-6-7-17(25)23-19(14)26/h8-9,13-14H,6-7,10-11H2,1-5H3,(H,23,25,26). The number of anilines is 1. The van der Waals surface area contributed by atoms with E-state index in [1.807, 2.05) is 4.90 Å². The zero-order chi connectivity index (χ0) is 20.9. The largest absolute Gasteiger partial charge is 0.410 e. The lowest BCUT2D eigenvalue weighted by Crippen LogP contribution is -2.58. The van der Waals surface area contributed by atoms with Crippen LogP contribution in [0.5, 0.6) is 0 Å². The first-order valence-electron chi connectivity index (χ1n) is 9.64. The summed E-state index contributed by atoms with van der Waals surface area (Å²) < 4.78 is 35.6. The first-order chi connectivity index (χ1) is 12.9. The Morgan fingerprint density at radius 2 is 1.71 bits per heavy atom. The molecular weight excluding hydrogens is 382 g/mol. The molecule has 2 saturated heterocycles. The summed E-state index contributed by atoms with van der Waals surface area (Å²) >= 11 is 0. The minimum absolute atomic E-state index is 0.0572. The molecule has 2 fully saturated rings. The van der Waals surface area contributed by atoms with Crippen LogP contribution in [0.1, 0.15) is 45.1 Å². The zero-order valence-corrected chi connectivity index (χ0v) is 18.1. The molecule has 0 saturated carbocycles. The number of halogens is 2. The highest BCUT2D eigenvalue weighted by atomic mass is 28.4. The highest BCUT2D eigenvalue weighted by molar-refractivity contribution is 6.74. The number of carbonyl (C=O) groups excluding carboxylic acids is 2. The van der Waals surface area contributed by atoms with Crippen molar-refractivity contribution in [1.29, 1.82) is 0 Å². The van der Waals surface area contributed by atoms with Gasteiger partial charge in [-0.15, -0.1) is 0 Å². The number of imide groups is 1. The monoisotopic (exact) mass is 410 g/mol. The predicted molar refractivity (Wildman–Crippen MR) is 106 cm³/mol. The van der Waals surface area contributed by atoms with Crippen LogP contribution in [0.4, 0.5) is 14.5 Å². The Morgan fingerprint density at radius 3 is 2.21 bits per heavy atom. The van der Waals surface area contributed by atoms with Gasteiger partial charge in [0.1, 0.15) is 11.6 Å². The Kier molecular flexibility index (Phi) is 5.40. The van der Waals surface area contributed by atoms with E-state index in [2.05, 4.69) is 39.2 Å². The van der Waals surface area contributed by atoms with Crippen LogP contribution in [0.15, 0.2) is 12.1 Å². The number of piperidine rings is 1. The van der Waals surface area contributed by atoms with E-state index >= 15 is 0 Å². The van der Waals surface area contributed by atoms with Gasteiger partial charge >= 0.3 is 0 Å². The van der Waals surface area contributed by atoms with Gasteiger partial charge in [-0.3, -0.25) is 14.9 Å². The molecule has 5 nitrogen and oxygen atoms in total. The van der Waals surface area contributed by atoms with E-state index in [4.69, 9.17) is 4.43 Å². The molecule has 154 valence electrons. The summed E-state index contributed by atoms with van der Waals surface area (Å²) in [6.07, 6.45) is 0.251. The van der Waals surface area contributed by atoms with Gasteiger partial charge in [0.2, 0.25) is 11.8 Å². The van der Waals surface area contributed by atoms with Crippen molar-refractivity contribution >= 4 is 25.8 Å². The molecule has 0 bridgehead atoms. The van der Waals surface area contributed by atoms with Crippen LogP contribution < -0.4 is 10.2 Å². The van der Waals surface area contributed by atoms with Crippen LogP contribution in [-0.4, -0.2) is 39.3 Å². The van der Waals surface area contributed by atoms with Gasteiger partial charge in [-0.1, -0.05) is 20.8 Å². The van der Waals surface area contributed by atoms with Crippen LogP contribution in [0.2, 0.25) is 18.1 Å². The van der Waals surface area contributed by atoms with Crippen LogP contribution in [0, 0.1) is 11.6 Å². The van der Waals surface area contributed by atoms with Gasteiger partial charge < -0.3 is 9.33 Å². The Hall–Kier alpha value is -1.80. The molecule has 1 unspecified atom stereocenters. The molecule has 1 aromatic carbocycles. The zero-order valence-electron chi connectivity index (χ0n) is 17.1. The maximum absolute atomic E-state index is 14.7. The summed E-state index contributed by atoms with van der Waals surface area (Å²) in [6.45, 7) is 12.1. The summed E-state index contributed by atoms with van der Waals surface area (Å²) in [7, 11) is -1.88. The van der Waals surface area contributed by atoms with Crippen molar-refractivity contribution in [2.45, 2.75) is 63.8 Å². The fourth-order valence-electron chi connectivity index (χ4n) is 3.37. The van der Waals surface area contributed by atoms with E-state index in [-0.39, 0.29) is 29.5 Å². The second-order valence-electron chi connectivity index (χ2n) is 9.23. The van der Waals surface area contributed by atoms with E-state index in [0.717, 1.165) is 0 Å². The van der Waals surface area contributed by atoms with Gasteiger partial charge in [0.15, 0.2) is 8.32 Å². The number of amides is 2. The SMILES string of the molecule is CC(C)(C)[Si](C)(C)OC1CN(c2cc(F)c(C3CCC(=O)NC3=O)c(F)c2)C1. The van der Waals surface area contributed by atoms with E-state index in [0.29, 0.717) is 18.8 Å². The average molecular weight is 411 g/mol. The van der Waals surface area contributed by atoms with Crippen molar-refractivity contribution in [3.05, 3.63) is 29.3 Å². The Balaban J connectivity index is 1.69. The first kappa shape index (κ1) is 20.9. The third kappa shape index (κ3) is 3.98. The first-order valence-corrected chi connectivity index (χ1v) is 12.6. The van der Waals surface area contributed by atoms with Crippen molar-refractivity contribution in [3.8, 4) is 0 Å². The fourth-order valence-corrected chi connectivity index (χ4v) is 4.71. The van der Waals surface area contributed by atoms with Crippen molar-refractivity contribution in [3.63, 3.8) is 0 Å². The molecule has 1 N–H and O–H groups in total. The lowest BCUT2D eigenvalue weighted by atomic mass is 9.89. The topological polar surface area (TPSA) is 58.6 Å². The second kappa shape index (κ2) is 7.22. The lowest BCUT2D eigenvalue weighted by Gasteiger charge is -2.47. The Morgan fingerprint density at radius 1 is 1.14 bits per heavy atom. The molecule has 2 heterocycles. The third-order valence-electron chi connectivity index (χ3n) is 6.13. The van der Waals surface area contributed by atoms with Gasteiger partial charge in [-0.2, -0.15) is 0 Å². The maximum atomic E-state index is 14.7. The molecule has 1 atom stereocenters. The number of nitrogens with one attached hydrogen (secondary N) is 1. The second-order valence-corrected chi connectivity index (χ2v) is 14.0. The van der Waals surface area contributed by atoms with Crippen molar-refractivity contribution in [2.24, 2.45) is 0 Å². The summed E-state index contributed by atoms with van der Waals surface area (Å²) in [5.74, 6) is -3.53. The third-order valence-corrected chi connectivity index (χ3v) is 10.7. The predicted octanol–water partition coefficient (Wildman–Crippen LogP) is 3.70. The lowest BCUT2D eigenvalue weighted by molar-refractivity contribution is -0.134. The van der Waals surface area contributed by atoms with Crippen LogP contribution in [0.25, 0.3) is 0 Å². The number of benzene rings is 1. The number of carbonyl (C=O) groups is 2. The molecule has 1 aromatic rings. The minimum atomic E-state index is -1.88. The maximum Gasteiger partial charge on any atom is 0.234 e. The molecule has 0 aliphatic carbocycles. The average Bonchev–Trinajstić information content (AvgIpc) is 2.50. The highest BCUT2D eigenvalue weighted by Crippen LogP contribution is 2.39. The van der Waals surface area contributed by atoms with Gasteiger partial charge in [0.05, 0.1) is 12.0 Å². The molecule has 3 rings (SSSR count). The van der Waals surface area contributed by atoms with E-state index in [1.165, 1.54) is 12.1 Å². The quantitative estimate of drug-likeness (QED) is 0.607. The number of hydrogen-bond acceptors (Lipinski definition) is 4. The number of hydrogen-bond donors (Lipinski definition) is 1. The molecule has 0 aromatic heterocycles. The van der Waals surface area contributed by atoms with Crippen molar-refractivity contribution in [1.82, 2.24) is 5.32 Å². The van der Waals surface area contributed by atoms with Crippen LogP contribution >= 0.6 is 0 Å². The van der Waals surface area contributed by atoms with Crippen LogP contribution in [-0.2, 0) is 14.0 Å². The van der Waals surface area contributed by atoms with Crippen LogP contribution in [0.3, 0.4) is 0 Å². The number of nitrogens with zero attached hydrogens (tertiary/aromatic N) is 1. The molecule has 2 aliphatic heterocycles. The van der Waals surface area contributed by atoms with E-state index < -0.39 is 37.7 Å². The normalized spacial score (nSPS) is 21.5. The van der Waals surface area contributed by atoms with Gasteiger partial charge in [-0.25, -0.2) is 8.78 Å². The van der Waals surface area contributed by atoms with Gasteiger partial charge in [0, 0.05) is 30.8 Å². The summed E-state index contributed by atoms with van der Waals surface area (Å²) in [6, 6.07) is 2.54. The van der Waals surface area contributed by atoms with Gasteiger partial charge in [-0.05, 0) is 36.7 Å². The summed E-state index contributed by atoms with van der Waals surface area (Å²) in [5.41, 5.74) is 0.185. The van der Waals surface area contributed by atoms with Crippen molar-refractivity contribution in [2.75, 3.05) is 18.0 Å². The fraction of sp³-hybridized carbons (Fsp3) is 0.600. The molecule has 0 spiro atoms. The van der Waals surface area contributed by atoms with Crippen molar-refractivity contribution < 1.29 is 22.8 Å². The van der Waals surface area contributed by atoms with E-state index in [9.17, 15) is 18.4 Å². The molecule has 0 radical (unpaired) electrons. The molecule has 2 amide bonds. The minimum Gasteiger partial charge on any atom is -0.410 e. The number of rotatable bonds is 4. The molecule has 2 aliphatic rings. The van der Waals surface area contributed by atoms with Gasteiger partial charge in [0.25, 0.3) is 0 Å². The summed E-state index contributed by atoms with van der Waals surface area (Å²) in [5, 5.41) is 2.25. The smallest absolute Gasteiger partial charge is 0.234 e. The Bertz CT molecular complexity index is 778. The molecular formula is C20H28F2N2O3Si. The van der Waals surface area contributed by atoms with E-state index in [1.54, 1.807) is 0 Å².